The molecule has 0 bridgehead atoms. The van der Waals surface area contributed by atoms with Crippen LogP contribution in [0.3, 0.4) is 0 Å². The van der Waals surface area contributed by atoms with Gasteiger partial charge in [-0.15, -0.1) is 0 Å². The molecule has 0 fully saturated rings. The minimum atomic E-state index is -2.03. The van der Waals surface area contributed by atoms with Crippen LogP contribution in [-0.2, 0) is 11.3 Å². The lowest BCUT2D eigenvalue weighted by Crippen LogP contribution is -2.02. The van der Waals surface area contributed by atoms with Crippen LogP contribution in [-0.4, -0.2) is 14.5 Å². The van der Waals surface area contributed by atoms with Crippen LogP contribution < -0.4 is 0 Å². The van der Waals surface area contributed by atoms with E-state index in [0.29, 0.717) is 5.71 Å². The summed E-state index contributed by atoms with van der Waals surface area (Å²) in [5, 5.41) is 0. The van der Waals surface area contributed by atoms with E-state index in [1.807, 2.05) is 13.8 Å². The molecule has 0 aliphatic carbocycles. The second-order valence-electron chi connectivity index (χ2n) is 2.12. The second-order valence-corrected chi connectivity index (χ2v) is 2.76. The molecule has 0 spiro atoms. The Kier molecular flexibility index (Phi) is 3.65. The number of nitrogens with zero attached hydrogens (tertiary/aromatic N) is 1. The lowest BCUT2D eigenvalue weighted by atomic mass is 10.1. The molecule has 0 heterocycles. The number of rotatable bonds is 2. The van der Waals surface area contributed by atoms with Crippen molar-refractivity contribution in [2.75, 3.05) is 0 Å². The third-order valence-corrected chi connectivity index (χ3v) is 1.50. The molecule has 0 radical (unpaired) electrons. The van der Waals surface area contributed by atoms with Gasteiger partial charge < -0.3 is 0 Å². The van der Waals surface area contributed by atoms with Gasteiger partial charge in [0.2, 0.25) is 0 Å². The van der Waals surface area contributed by atoms with Gasteiger partial charge in [-0.1, -0.05) is 13.8 Å². The number of hydrogen-bond donors (Lipinski definition) is 1. The zero-order valence-electron chi connectivity index (χ0n) is 5.79. The van der Waals surface area contributed by atoms with Crippen molar-refractivity contribution in [3.05, 3.63) is 0 Å². The van der Waals surface area contributed by atoms with Crippen LogP contribution in [0, 0.1) is 5.92 Å². The SMILES string of the molecule is CC(=NS(=O)O)C(C)C. The van der Waals surface area contributed by atoms with Gasteiger partial charge in [-0.25, -0.2) is 4.21 Å². The smallest absolute Gasteiger partial charge is 0.281 e. The van der Waals surface area contributed by atoms with Gasteiger partial charge in [0.1, 0.15) is 0 Å². The Bertz CT molecular complexity index is 142. The third-order valence-electron chi connectivity index (χ3n) is 1.06. The first-order valence-corrected chi connectivity index (χ1v) is 3.76. The summed E-state index contributed by atoms with van der Waals surface area (Å²) >= 11 is -2.03. The van der Waals surface area contributed by atoms with Crippen molar-refractivity contribution in [2.45, 2.75) is 20.8 Å². The largest absolute Gasteiger partial charge is 0.288 e. The summed E-state index contributed by atoms with van der Waals surface area (Å²) in [7, 11) is 0. The summed E-state index contributed by atoms with van der Waals surface area (Å²) in [6, 6.07) is 0. The first kappa shape index (κ1) is 8.78. The van der Waals surface area contributed by atoms with Crippen LogP contribution in [0.15, 0.2) is 4.40 Å². The summed E-state index contributed by atoms with van der Waals surface area (Å²) < 4.78 is 21.7. The van der Waals surface area contributed by atoms with Crippen LogP contribution in [0.5, 0.6) is 0 Å². The zero-order valence-corrected chi connectivity index (χ0v) is 6.60. The molecule has 1 N–H and O–H groups in total. The molecule has 0 aliphatic heterocycles. The van der Waals surface area contributed by atoms with Gasteiger partial charge in [-0.3, -0.25) is 4.55 Å². The van der Waals surface area contributed by atoms with E-state index in [1.54, 1.807) is 6.92 Å². The van der Waals surface area contributed by atoms with Gasteiger partial charge in [0.15, 0.2) is 0 Å². The van der Waals surface area contributed by atoms with Gasteiger partial charge >= 0.3 is 0 Å². The molecular formula is C5H11NO2S. The molecule has 0 aromatic rings. The maximum Gasteiger partial charge on any atom is 0.281 e. The molecule has 1 atom stereocenters. The van der Waals surface area contributed by atoms with Gasteiger partial charge in [0.25, 0.3) is 11.3 Å². The van der Waals surface area contributed by atoms with Gasteiger partial charge in [-0.2, -0.15) is 4.40 Å². The predicted octanol–water partition coefficient (Wildman–Crippen LogP) is 1.24. The Hall–Kier alpha value is -0.220. The van der Waals surface area contributed by atoms with Gasteiger partial charge in [0.05, 0.1) is 0 Å². The van der Waals surface area contributed by atoms with E-state index in [4.69, 9.17) is 4.55 Å². The van der Waals surface area contributed by atoms with Gasteiger partial charge in [0, 0.05) is 5.71 Å². The van der Waals surface area contributed by atoms with Crippen molar-refractivity contribution in [1.82, 2.24) is 0 Å². The van der Waals surface area contributed by atoms with Crippen LogP contribution in [0.25, 0.3) is 0 Å². The van der Waals surface area contributed by atoms with Crippen molar-refractivity contribution in [1.29, 1.82) is 0 Å². The Morgan fingerprint density at radius 2 is 2.11 bits per heavy atom. The number of hydrogen-bond acceptors (Lipinski definition) is 1. The van der Waals surface area contributed by atoms with Crippen LogP contribution in [0.2, 0.25) is 0 Å². The molecule has 3 nitrogen and oxygen atoms in total. The summed E-state index contributed by atoms with van der Waals surface area (Å²) in [6.07, 6.45) is 0. The molecule has 0 amide bonds. The highest BCUT2D eigenvalue weighted by Gasteiger charge is 1.98. The van der Waals surface area contributed by atoms with E-state index in [2.05, 4.69) is 4.40 Å². The van der Waals surface area contributed by atoms with Crippen LogP contribution in [0.1, 0.15) is 20.8 Å². The Morgan fingerprint density at radius 1 is 1.67 bits per heavy atom. The van der Waals surface area contributed by atoms with Crippen molar-refractivity contribution < 1.29 is 8.76 Å². The highest BCUT2D eigenvalue weighted by Crippen LogP contribution is 1.96. The average molecular weight is 149 g/mol. The normalized spacial score (nSPS) is 16.3. The molecule has 0 aromatic carbocycles. The topological polar surface area (TPSA) is 49.7 Å². The highest BCUT2D eigenvalue weighted by molar-refractivity contribution is 7.78. The molecule has 1 unspecified atom stereocenters. The predicted molar refractivity (Wildman–Crippen MR) is 38.7 cm³/mol. The van der Waals surface area contributed by atoms with Crippen LogP contribution in [0.4, 0.5) is 0 Å². The molecule has 0 aromatic heterocycles. The minimum absolute atomic E-state index is 0.251. The van der Waals surface area contributed by atoms with Gasteiger partial charge in [-0.05, 0) is 12.8 Å². The van der Waals surface area contributed by atoms with E-state index in [1.165, 1.54) is 0 Å². The maximum atomic E-state index is 10.0. The minimum Gasteiger partial charge on any atom is -0.288 e. The molecular weight excluding hydrogens is 138 g/mol. The Labute approximate surface area is 57.6 Å². The lowest BCUT2D eigenvalue weighted by molar-refractivity contribution is 0.566. The third kappa shape index (κ3) is 4.29. The van der Waals surface area contributed by atoms with Crippen molar-refractivity contribution >= 4 is 17.0 Å². The van der Waals surface area contributed by atoms with Crippen LogP contribution >= 0.6 is 0 Å². The van der Waals surface area contributed by atoms with Crippen molar-refractivity contribution in [3.8, 4) is 0 Å². The second kappa shape index (κ2) is 3.74. The molecule has 54 valence electrons. The quantitative estimate of drug-likeness (QED) is 0.474. The summed E-state index contributed by atoms with van der Waals surface area (Å²) in [5.74, 6) is 0.251. The summed E-state index contributed by atoms with van der Waals surface area (Å²) in [4.78, 5) is 0. The van der Waals surface area contributed by atoms with E-state index in [-0.39, 0.29) is 5.92 Å². The average Bonchev–Trinajstić information content (AvgIpc) is 1.63. The Morgan fingerprint density at radius 3 is 2.22 bits per heavy atom. The molecule has 0 saturated carbocycles. The summed E-state index contributed by atoms with van der Waals surface area (Å²) in [5.41, 5.74) is 0.704. The maximum absolute atomic E-state index is 10.0. The fourth-order valence-electron chi connectivity index (χ4n) is 0.229. The lowest BCUT2D eigenvalue weighted by Gasteiger charge is -1.99. The van der Waals surface area contributed by atoms with E-state index < -0.39 is 11.3 Å². The summed E-state index contributed by atoms with van der Waals surface area (Å²) in [6.45, 7) is 5.58. The van der Waals surface area contributed by atoms with E-state index in [0.717, 1.165) is 0 Å². The highest BCUT2D eigenvalue weighted by atomic mass is 32.2. The first-order chi connectivity index (χ1) is 4.04. The van der Waals surface area contributed by atoms with Crippen molar-refractivity contribution in [3.63, 3.8) is 0 Å². The zero-order chi connectivity index (χ0) is 7.44. The van der Waals surface area contributed by atoms with Crippen molar-refractivity contribution in [2.24, 2.45) is 10.3 Å². The fraction of sp³-hybridized carbons (Fsp3) is 0.800. The Balaban J connectivity index is 4.00. The first-order valence-electron chi connectivity index (χ1n) is 2.70. The van der Waals surface area contributed by atoms with E-state index in [9.17, 15) is 4.21 Å². The standard InChI is InChI=1S/C5H11NO2S/c1-4(2)5(3)6-9(7)8/h4H,1-3H3,(H,7,8). The molecule has 0 saturated heterocycles. The molecule has 9 heavy (non-hydrogen) atoms. The van der Waals surface area contributed by atoms with E-state index >= 15 is 0 Å². The molecule has 0 rings (SSSR count). The monoisotopic (exact) mass is 149 g/mol. The molecule has 4 heteroatoms. The molecule has 0 aliphatic rings. The fourth-order valence-corrected chi connectivity index (χ4v) is 0.686.